The van der Waals surface area contributed by atoms with Crippen molar-refractivity contribution >= 4 is 16.5 Å². The molecule has 0 spiro atoms. The molecule has 1 heterocycles. The Morgan fingerprint density at radius 2 is 1.45 bits per heavy atom. The third-order valence-corrected chi connectivity index (χ3v) is 7.08. The zero-order chi connectivity index (χ0) is 21.3. The van der Waals surface area contributed by atoms with Crippen molar-refractivity contribution < 1.29 is 15.1 Å². The minimum Gasteiger partial charge on any atom is -0.494 e. The van der Waals surface area contributed by atoms with Crippen LogP contribution in [0.4, 0.5) is 5.69 Å². The van der Waals surface area contributed by atoms with Gasteiger partial charge in [0.25, 0.3) is 5.69 Å². The summed E-state index contributed by atoms with van der Waals surface area (Å²) in [6.45, 7) is 0. The molecule has 6 nitrogen and oxygen atoms in total. The van der Waals surface area contributed by atoms with Gasteiger partial charge < -0.3 is 10.2 Å². The minimum absolute atomic E-state index is 0.00207. The Labute approximate surface area is 178 Å². The molecule has 6 rings (SSSR count). The first-order valence-electron chi connectivity index (χ1n) is 10.4. The van der Waals surface area contributed by atoms with Crippen LogP contribution in [0.3, 0.4) is 0 Å². The molecule has 2 bridgehead atoms. The fraction of sp³-hybridized carbons (Fsp3) is 0.200. The highest BCUT2D eigenvalue weighted by Gasteiger charge is 2.50. The number of rotatable bonds is 3. The van der Waals surface area contributed by atoms with Crippen molar-refractivity contribution in [2.24, 2.45) is 0 Å². The number of hydrogen-bond acceptors (Lipinski definition) is 4. The van der Waals surface area contributed by atoms with Gasteiger partial charge in [-0.3, -0.25) is 14.7 Å². The Hall–Kier alpha value is -3.80. The van der Waals surface area contributed by atoms with Gasteiger partial charge in [-0.1, -0.05) is 48.5 Å². The van der Waals surface area contributed by atoms with Crippen LogP contribution in [-0.4, -0.2) is 19.7 Å². The summed E-state index contributed by atoms with van der Waals surface area (Å²) in [5.74, 6) is 0.749. The van der Waals surface area contributed by atoms with E-state index in [2.05, 4.69) is 12.1 Å². The number of aromatic nitrogens is 1. The van der Waals surface area contributed by atoms with Gasteiger partial charge in [0.1, 0.15) is 0 Å². The maximum absolute atomic E-state index is 11.5. The van der Waals surface area contributed by atoms with Crippen molar-refractivity contribution in [2.45, 2.75) is 30.6 Å². The van der Waals surface area contributed by atoms with Crippen LogP contribution in [0.25, 0.3) is 16.5 Å². The molecule has 2 aliphatic rings. The van der Waals surface area contributed by atoms with Gasteiger partial charge in [0.2, 0.25) is 11.8 Å². The molecule has 2 aliphatic carbocycles. The summed E-state index contributed by atoms with van der Waals surface area (Å²) in [6, 6.07) is 20.4. The third kappa shape index (κ3) is 2.39. The van der Waals surface area contributed by atoms with E-state index in [1.807, 2.05) is 18.2 Å². The number of aromatic hydroxyl groups is 2. The summed E-state index contributed by atoms with van der Waals surface area (Å²) in [5.41, 5.74) is 3.46. The van der Waals surface area contributed by atoms with Crippen molar-refractivity contribution in [3.63, 3.8) is 0 Å². The molecule has 0 radical (unpaired) electrons. The highest BCUT2D eigenvalue weighted by atomic mass is 16.6. The summed E-state index contributed by atoms with van der Waals surface area (Å²) in [7, 11) is 0. The SMILES string of the molecule is O=[N+]([O-])c1ccc(-n2c(O)c3c(c2O)[C@@H]2C[C@H]3C[C@H]2c2ccccc2)c2ccccc12. The van der Waals surface area contributed by atoms with Crippen LogP contribution in [0.1, 0.15) is 47.3 Å². The molecule has 0 amide bonds. The maximum Gasteiger partial charge on any atom is 0.277 e. The van der Waals surface area contributed by atoms with Crippen molar-refractivity contribution in [3.8, 4) is 17.4 Å². The van der Waals surface area contributed by atoms with Gasteiger partial charge in [-0.25, -0.2) is 0 Å². The van der Waals surface area contributed by atoms with E-state index >= 15 is 0 Å². The van der Waals surface area contributed by atoms with Crippen molar-refractivity contribution in [1.29, 1.82) is 0 Å². The van der Waals surface area contributed by atoms with E-state index in [0.717, 1.165) is 24.0 Å². The monoisotopic (exact) mass is 412 g/mol. The van der Waals surface area contributed by atoms with Crippen molar-refractivity contribution in [2.75, 3.05) is 0 Å². The average Bonchev–Trinajstić information content (AvgIpc) is 3.45. The zero-order valence-corrected chi connectivity index (χ0v) is 16.6. The predicted molar refractivity (Wildman–Crippen MR) is 117 cm³/mol. The second-order valence-corrected chi connectivity index (χ2v) is 8.51. The summed E-state index contributed by atoms with van der Waals surface area (Å²) in [4.78, 5) is 11.1. The average molecular weight is 412 g/mol. The molecule has 3 aromatic carbocycles. The summed E-state index contributed by atoms with van der Waals surface area (Å²) in [6.07, 6.45) is 1.87. The molecule has 1 saturated carbocycles. The summed E-state index contributed by atoms with van der Waals surface area (Å²) < 4.78 is 1.46. The molecule has 0 saturated heterocycles. The van der Waals surface area contributed by atoms with Crippen LogP contribution in [0.5, 0.6) is 11.8 Å². The van der Waals surface area contributed by atoms with Gasteiger partial charge >= 0.3 is 0 Å². The number of nitro groups is 1. The Morgan fingerprint density at radius 1 is 0.806 bits per heavy atom. The van der Waals surface area contributed by atoms with E-state index in [0.29, 0.717) is 22.4 Å². The van der Waals surface area contributed by atoms with Gasteiger partial charge in [0.15, 0.2) is 0 Å². The molecule has 2 N–H and O–H groups in total. The molecule has 6 heteroatoms. The molecule has 4 aromatic rings. The molecule has 3 atom stereocenters. The number of non-ortho nitro benzene ring substituents is 1. The zero-order valence-electron chi connectivity index (χ0n) is 16.6. The van der Waals surface area contributed by atoms with E-state index in [4.69, 9.17) is 0 Å². The molecule has 31 heavy (non-hydrogen) atoms. The number of hydrogen-bond donors (Lipinski definition) is 2. The molecule has 154 valence electrons. The second-order valence-electron chi connectivity index (χ2n) is 8.51. The van der Waals surface area contributed by atoms with Gasteiger partial charge in [0.05, 0.1) is 16.0 Å². The second kappa shape index (κ2) is 6.35. The number of nitro benzene ring substituents is 1. The Balaban J connectivity index is 1.54. The topological polar surface area (TPSA) is 88.5 Å². The Kier molecular flexibility index (Phi) is 3.69. The Morgan fingerprint density at radius 3 is 2.19 bits per heavy atom. The number of fused-ring (bicyclic) bond motifs is 6. The molecule has 1 aromatic heterocycles. The van der Waals surface area contributed by atoms with E-state index in [-0.39, 0.29) is 29.3 Å². The summed E-state index contributed by atoms with van der Waals surface area (Å²) in [5, 5.41) is 35.0. The van der Waals surface area contributed by atoms with E-state index in [9.17, 15) is 20.3 Å². The van der Waals surface area contributed by atoms with Crippen LogP contribution in [-0.2, 0) is 0 Å². The quantitative estimate of drug-likeness (QED) is 0.333. The summed E-state index contributed by atoms with van der Waals surface area (Å²) >= 11 is 0. The lowest BCUT2D eigenvalue weighted by molar-refractivity contribution is -0.383. The lowest BCUT2D eigenvalue weighted by Gasteiger charge is -2.22. The molecule has 1 fully saturated rings. The van der Waals surface area contributed by atoms with Crippen LogP contribution in [0.15, 0.2) is 66.7 Å². The standard InChI is InChI=1S/C25H20N2O4/c28-24-22-15-12-18(14-6-2-1-3-7-14)19(13-15)23(22)25(29)26(24)20-10-11-21(27(30)31)17-9-5-4-8-16(17)20/h1-11,15,18-19,28-29H,12-13H2/t15-,18+,19-/m1/s1. The minimum atomic E-state index is -0.411. The van der Waals surface area contributed by atoms with Gasteiger partial charge in [-0.05, 0) is 48.3 Å². The van der Waals surface area contributed by atoms with Gasteiger partial charge in [-0.2, -0.15) is 0 Å². The molecule has 0 unspecified atom stereocenters. The van der Waals surface area contributed by atoms with Crippen LogP contribution in [0.2, 0.25) is 0 Å². The van der Waals surface area contributed by atoms with Crippen LogP contribution >= 0.6 is 0 Å². The normalized spacial score (nSPS) is 21.5. The smallest absolute Gasteiger partial charge is 0.277 e. The largest absolute Gasteiger partial charge is 0.494 e. The molecular weight excluding hydrogens is 392 g/mol. The molecular formula is C25H20N2O4. The van der Waals surface area contributed by atoms with Crippen LogP contribution < -0.4 is 0 Å². The van der Waals surface area contributed by atoms with E-state index in [1.54, 1.807) is 30.3 Å². The predicted octanol–water partition coefficient (Wildman–Crippen LogP) is 5.71. The highest BCUT2D eigenvalue weighted by Crippen LogP contribution is 2.65. The fourth-order valence-electron chi connectivity index (χ4n) is 5.86. The van der Waals surface area contributed by atoms with Crippen molar-refractivity contribution in [3.05, 3.63) is 93.5 Å². The van der Waals surface area contributed by atoms with E-state index < -0.39 is 4.92 Å². The highest BCUT2D eigenvalue weighted by molar-refractivity contribution is 5.97. The first-order valence-corrected chi connectivity index (χ1v) is 10.4. The third-order valence-electron chi connectivity index (χ3n) is 7.08. The number of nitrogens with zero attached hydrogens (tertiary/aromatic N) is 2. The van der Waals surface area contributed by atoms with Gasteiger partial charge in [-0.15, -0.1) is 0 Å². The lowest BCUT2D eigenvalue weighted by Crippen LogP contribution is -2.07. The number of benzene rings is 3. The molecule has 0 aliphatic heterocycles. The van der Waals surface area contributed by atoms with Crippen LogP contribution in [0, 0.1) is 10.1 Å². The first-order chi connectivity index (χ1) is 15.1. The Bertz CT molecular complexity index is 1360. The van der Waals surface area contributed by atoms with Crippen molar-refractivity contribution in [1.82, 2.24) is 4.57 Å². The fourth-order valence-corrected chi connectivity index (χ4v) is 5.86. The van der Waals surface area contributed by atoms with E-state index in [1.165, 1.54) is 16.2 Å². The maximum atomic E-state index is 11.5. The lowest BCUT2D eigenvalue weighted by atomic mass is 9.81. The van der Waals surface area contributed by atoms with Gasteiger partial charge in [0, 0.05) is 22.6 Å². The first kappa shape index (κ1) is 18.0.